The van der Waals surface area contributed by atoms with Crippen molar-refractivity contribution in [2.75, 3.05) is 92.1 Å². The molecule has 1 aromatic heterocycles. The minimum atomic E-state index is 0.349. The van der Waals surface area contributed by atoms with Gasteiger partial charge in [-0.25, -0.2) is 0 Å². The highest BCUT2D eigenvalue weighted by Gasteiger charge is 2.53. The zero-order valence-corrected chi connectivity index (χ0v) is 25.5. The number of methoxy groups -OCH3 is 1. The molecule has 2 aromatic rings. The number of piperidine rings is 1. The van der Waals surface area contributed by atoms with Crippen LogP contribution in [0.4, 0.5) is 11.4 Å². The van der Waals surface area contributed by atoms with Gasteiger partial charge >= 0.3 is 0 Å². The van der Waals surface area contributed by atoms with Gasteiger partial charge in [0.25, 0.3) is 0 Å². The predicted octanol–water partition coefficient (Wildman–Crippen LogP) is 4.61. The van der Waals surface area contributed by atoms with Crippen LogP contribution >= 0.6 is 0 Å². The number of nitrogens with zero attached hydrogens (tertiary/aromatic N) is 2. The quantitative estimate of drug-likeness (QED) is 0.253. The van der Waals surface area contributed by atoms with Gasteiger partial charge < -0.3 is 38.6 Å². The fraction of sp³-hybridized carbons (Fsp3) is 0.667. The number of rotatable bonds is 18. The van der Waals surface area contributed by atoms with Crippen LogP contribution in [0.25, 0.3) is 0 Å². The molecule has 42 heavy (non-hydrogen) atoms. The van der Waals surface area contributed by atoms with Crippen molar-refractivity contribution in [3.63, 3.8) is 0 Å². The molecule has 2 fully saturated rings. The van der Waals surface area contributed by atoms with Gasteiger partial charge in [-0.1, -0.05) is 18.9 Å². The van der Waals surface area contributed by atoms with Gasteiger partial charge in [-0.05, 0) is 68.5 Å². The van der Waals surface area contributed by atoms with Crippen molar-refractivity contribution in [3.05, 3.63) is 47.8 Å². The largest absolute Gasteiger partial charge is 0.489 e. The van der Waals surface area contributed by atoms with E-state index in [1.165, 1.54) is 45.1 Å². The zero-order chi connectivity index (χ0) is 29.0. The van der Waals surface area contributed by atoms with Gasteiger partial charge in [-0.2, -0.15) is 0 Å². The Bertz CT molecular complexity index is 1100. The predicted molar refractivity (Wildman–Crippen MR) is 163 cm³/mol. The average molecular weight is 584 g/mol. The smallest absolute Gasteiger partial charge is 0.139 e. The summed E-state index contributed by atoms with van der Waals surface area (Å²) in [5.74, 6) is 1.51. The summed E-state index contributed by atoms with van der Waals surface area (Å²) in [5.41, 5.74) is 5.55. The summed E-state index contributed by atoms with van der Waals surface area (Å²) in [5, 5.41) is 3.60. The number of anilines is 2. The van der Waals surface area contributed by atoms with Crippen LogP contribution in [0, 0.1) is 5.92 Å². The second kappa shape index (κ2) is 16.0. The maximum Gasteiger partial charge on any atom is 0.139 e. The summed E-state index contributed by atoms with van der Waals surface area (Å²) in [6.07, 6.45) is 11.5. The molecule has 2 aliphatic carbocycles. The molecule has 3 aliphatic rings. The van der Waals surface area contributed by atoms with Gasteiger partial charge in [0.15, 0.2) is 0 Å². The van der Waals surface area contributed by atoms with Crippen molar-refractivity contribution >= 4 is 11.4 Å². The fourth-order valence-corrected chi connectivity index (χ4v) is 7.13. The Hall–Kier alpha value is -2.27. The van der Waals surface area contributed by atoms with E-state index < -0.39 is 0 Å². The molecule has 5 rings (SSSR count). The normalized spacial score (nSPS) is 23.3. The SMILES string of the molecule is COCCOCCOCCOCCOCCOc1cncc(Nc2ccc3c(c2)C24CCCC[C@H]2[C@@H](C3)N(C)CC4)c1. The molecule has 2 heterocycles. The Morgan fingerprint density at radius 1 is 0.833 bits per heavy atom. The first-order chi connectivity index (χ1) is 20.7. The van der Waals surface area contributed by atoms with Crippen molar-refractivity contribution in [1.82, 2.24) is 9.88 Å². The first-order valence-electron chi connectivity index (χ1n) is 15.7. The number of likely N-dealkylation sites (tertiary alicyclic amines) is 1. The third-order valence-corrected chi connectivity index (χ3v) is 9.16. The molecule has 3 atom stereocenters. The number of likely N-dealkylation sites (N-methyl/N-ethyl adjacent to an activating group) is 1. The van der Waals surface area contributed by atoms with Crippen LogP contribution in [0.3, 0.4) is 0 Å². The fourth-order valence-electron chi connectivity index (χ4n) is 7.13. The number of ether oxygens (including phenoxy) is 6. The van der Waals surface area contributed by atoms with Crippen LogP contribution in [0.1, 0.15) is 43.2 Å². The molecule has 9 nitrogen and oxygen atoms in total. The minimum absolute atomic E-state index is 0.349. The molecular formula is C33H49N3O6. The van der Waals surface area contributed by atoms with E-state index in [9.17, 15) is 0 Å². The van der Waals surface area contributed by atoms with Crippen molar-refractivity contribution < 1.29 is 28.4 Å². The Labute approximate surface area is 251 Å². The lowest BCUT2D eigenvalue weighted by molar-refractivity contribution is -0.00979. The van der Waals surface area contributed by atoms with Crippen LogP contribution in [-0.2, 0) is 35.5 Å². The molecule has 232 valence electrons. The van der Waals surface area contributed by atoms with E-state index in [2.05, 4.69) is 40.4 Å². The lowest BCUT2D eigenvalue weighted by atomic mass is 9.52. The lowest BCUT2D eigenvalue weighted by Gasteiger charge is -2.58. The third-order valence-electron chi connectivity index (χ3n) is 9.16. The van der Waals surface area contributed by atoms with E-state index in [1.807, 2.05) is 12.3 Å². The van der Waals surface area contributed by atoms with Gasteiger partial charge in [0, 0.05) is 30.3 Å². The molecule has 0 spiro atoms. The number of nitrogens with one attached hydrogen (secondary N) is 1. The van der Waals surface area contributed by atoms with Crippen LogP contribution in [0.5, 0.6) is 5.75 Å². The monoisotopic (exact) mass is 583 g/mol. The van der Waals surface area contributed by atoms with E-state index in [1.54, 1.807) is 24.4 Å². The van der Waals surface area contributed by atoms with Crippen molar-refractivity contribution in [3.8, 4) is 5.75 Å². The molecule has 1 N–H and O–H groups in total. The number of hydrogen-bond donors (Lipinski definition) is 1. The highest BCUT2D eigenvalue weighted by Crippen LogP contribution is 2.55. The van der Waals surface area contributed by atoms with Crippen molar-refractivity contribution in [2.24, 2.45) is 5.92 Å². The first kappa shape index (κ1) is 31.2. The van der Waals surface area contributed by atoms with Crippen LogP contribution in [0.2, 0.25) is 0 Å². The van der Waals surface area contributed by atoms with Crippen molar-refractivity contribution in [1.29, 1.82) is 0 Å². The topological polar surface area (TPSA) is 83.5 Å². The molecular weight excluding hydrogens is 534 g/mol. The van der Waals surface area contributed by atoms with Gasteiger partial charge in [0.2, 0.25) is 0 Å². The molecule has 0 radical (unpaired) electrons. The number of pyridine rings is 1. The second-order valence-electron chi connectivity index (χ2n) is 11.7. The van der Waals surface area contributed by atoms with Crippen molar-refractivity contribution in [2.45, 2.75) is 50.0 Å². The summed E-state index contributed by atoms with van der Waals surface area (Å²) >= 11 is 0. The molecule has 1 unspecified atom stereocenters. The average Bonchev–Trinajstić information content (AvgIpc) is 3.01. The second-order valence-corrected chi connectivity index (χ2v) is 11.7. The Kier molecular flexibility index (Phi) is 11.9. The van der Waals surface area contributed by atoms with Crippen LogP contribution in [0.15, 0.2) is 36.7 Å². The molecule has 1 saturated heterocycles. The molecule has 1 aromatic carbocycles. The number of aromatic nitrogens is 1. The molecule has 0 amide bonds. The molecule has 9 heteroatoms. The first-order valence-corrected chi connectivity index (χ1v) is 15.7. The summed E-state index contributed by atoms with van der Waals surface area (Å²) in [7, 11) is 3.99. The number of benzene rings is 1. The zero-order valence-electron chi connectivity index (χ0n) is 25.5. The Balaban J connectivity index is 1.01. The van der Waals surface area contributed by atoms with Crippen LogP contribution < -0.4 is 10.1 Å². The Morgan fingerprint density at radius 3 is 2.29 bits per heavy atom. The number of fused-ring (bicyclic) bond motifs is 1. The van der Waals surface area contributed by atoms with E-state index in [0.717, 1.165) is 23.0 Å². The van der Waals surface area contributed by atoms with E-state index in [4.69, 9.17) is 28.4 Å². The van der Waals surface area contributed by atoms with E-state index >= 15 is 0 Å². The highest BCUT2D eigenvalue weighted by atomic mass is 16.6. The summed E-state index contributed by atoms with van der Waals surface area (Å²) < 4.78 is 32.8. The Morgan fingerprint density at radius 2 is 1.55 bits per heavy atom. The van der Waals surface area contributed by atoms with E-state index in [-0.39, 0.29) is 0 Å². The van der Waals surface area contributed by atoms with Gasteiger partial charge in [-0.3, -0.25) is 4.98 Å². The standard InChI is InChI=1S/C33H49N3O6/c1-36-10-9-33-8-4-3-5-30(33)32(36)21-26-6-7-27(23-31(26)33)35-28-22-29(25-34-24-28)42-20-19-41-18-17-40-16-15-39-14-13-38-12-11-37-2/h6-7,22-25,30,32,35H,3-5,8-21H2,1-2H3/t30-,32+,33?/m0/s1. The third kappa shape index (κ3) is 8.01. The molecule has 1 saturated carbocycles. The minimum Gasteiger partial charge on any atom is -0.489 e. The lowest BCUT2D eigenvalue weighted by Crippen LogP contribution is -2.59. The van der Waals surface area contributed by atoms with Gasteiger partial charge in [0.1, 0.15) is 12.4 Å². The van der Waals surface area contributed by atoms with E-state index in [0.29, 0.717) is 77.5 Å². The number of hydrogen-bond acceptors (Lipinski definition) is 9. The summed E-state index contributed by atoms with van der Waals surface area (Å²) in [6.45, 7) is 6.57. The molecule has 1 aliphatic heterocycles. The summed E-state index contributed by atoms with van der Waals surface area (Å²) in [4.78, 5) is 7.03. The maximum atomic E-state index is 5.90. The molecule has 2 bridgehead atoms. The van der Waals surface area contributed by atoms with Gasteiger partial charge in [-0.15, -0.1) is 0 Å². The van der Waals surface area contributed by atoms with Gasteiger partial charge in [0.05, 0.1) is 77.5 Å². The maximum absolute atomic E-state index is 5.90. The summed E-state index contributed by atoms with van der Waals surface area (Å²) in [6, 6.07) is 9.72. The van der Waals surface area contributed by atoms with Crippen LogP contribution in [-0.4, -0.2) is 103 Å². The highest BCUT2D eigenvalue weighted by molar-refractivity contribution is 5.63.